The summed E-state index contributed by atoms with van der Waals surface area (Å²) in [7, 11) is 0. The van der Waals surface area contributed by atoms with E-state index < -0.39 is 0 Å². The highest BCUT2D eigenvalue weighted by Crippen LogP contribution is 2.37. The monoisotopic (exact) mass is 432 g/mol. The van der Waals surface area contributed by atoms with Gasteiger partial charge in [-0.25, -0.2) is 14.4 Å². The molecule has 3 heterocycles. The van der Waals surface area contributed by atoms with Crippen LogP contribution in [-0.4, -0.2) is 40.8 Å². The van der Waals surface area contributed by atoms with Gasteiger partial charge in [-0.3, -0.25) is 0 Å². The fourth-order valence-electron chi connectivity index (χ4n) is 4.93. The first-order chi connectivity index (χ1) is 15.6. The van der Waals surface area contributed by atoms with Crippen molar-refractivity contribution >= 4 is 21.9 Å². The molecule has 1 aliphatic heterocycles. The molecule has 0 saturated heterocycles. The molecule has 7 heteroatoms. The van der Waals surface area contributed by atoms with Crippen molar-refractivity contribution in [2.45, 2.75) is 32.3 Å². The van der Waals surface area contributed by atoms with Crippen molar-refractivity contribution in [3.8, 4) is 11.5 Å². The normalized spacial score (nSPS) is 19.9. The molecular weight excluding hydrogens is 407 g/mol. The second kappa shape index (κ2) is 7.74. The number of aromatic amines is 1. The van der Waals surface area contributed by atoms with Crippen molar-refractivity contribution in [3.63, 3.8) is 0 Å². The largest absolute Gasteiger partial charge is 0.486 e. The van der Waals surface area contributed by atoms with E-state index in [9.17, 15) is 4.39 Å². The van der Waals surface area contributed by atoms with E-state index in [0.29, 0.717) is 24.8 Å². The minimum absolute atomic E-state index is 0.0856. The minimum atomic E-state index is -0.179. The smallest absolute Gasteiger partial charge is 0.189 e. The van der Waals surface area contributed by atoms with E-state index in [1.54, 1.807) is 12.3 Å². The van der Waals surface area contributed by atoms with Crippen LogP contribution < -0.4 is 14.8 Å². The molecule has 0 saturated carbocycles. The van der Waals surface area contributed by atoms with Crippen molar-refractivity contribution in [2.24, 2.45) is 5.92 Å². The fourth-order valence-corrected chi connectivity index (χ4v) is 4.93. The average Bonchev–Trinajstić information content (AvgIpc) is 3.16. The third kappa shape index (κ3) is 3.46. The molecule has 2 aromatic carbocycles. The average molecular weight is 432 g/mol. The number of benzene rings is 2. The van der Waals surface area contributed by atoms with E-state index in [4.69, 9.17) is 9.47 Å². The molecule has 2 aliphatic rings. The zero-order valence-corrected chi connectivity index (χ0v) is 18.0. The predicted octanol–water partition coefficient (Wildman–Crippen LogP) is 4.09. The lowest BCUT2D eigenvalue weighted by molar-refractivity contribution is 0.0912. The van der Waals surface area contributed by atoms with Gasteiger partial charge in [0.25, 0.3) is 0 Å². The number of fused-ring (bicyclic) bond motifs is 6. The van der Waals surface area contributed by atoms with Crippen LogP contribution in [0.3, 0.4) is 0 Å². The van der Waals surface area contributed by atoms with E-state index in [1.165, 1.54) is 17.3 Å². The third-order valence-corrected chi connectivity index (χ3v) is 6.52. The number of hydrogen-bond acceptors (Lipinski definition) is 5. The third-order valence-electron chi connectivity index (χ3n) is 6.52. The van der Waals surface area contributed by atoms with E-state index in [2.05, 4.69) is 20.3 Å². The molecule has 32 heavy (non-hydrogen) atoms. The Morgan fingerprint density at radius 3 is 3.09 bits per heavy atom. The summed E-state index contributed by atoms with van der Waals surface area (Å²) in [5, 5.41) is 4.59. The van der Waals surface area contributed by atoms with Crippen LogP contribution in [0.2, 0.25) is 0 Å². The van der Waals surface area contributed by atoms with Crippen LogP contribution in [0.25, 0.3) is 21.9 Å². The number of hydrogen-bond donors (Lipinski definition) is 2. The Labute approximate surface area is 185 Å². The molecular formula is C25H25FN4O2. The standard InChI is InChI=1S/C25H25FN4O2/c1-14-10-28-24-22(29-14)6-7-23-25(24)32-17(13-31-23)12-27-11-15-2-4-20-18(8-15)19-9-16(26)3-5-21(19)30-20/h3,5-7,9-10,15,17,27,30H,2,4,8,11-13H2,1H3/t15-,17-/m0/s1. The van der Waals surface area contributed by atoms with Crippen molar-refractivity contribution in [2.75, 3.05) is 19.7 Å². The quantitative estimate of drug-likeness (QED) is 0.508. The van der Waals surface area contributed by atoms with Crippen LogP contribution in [-0.2, 0) is 12.8 Å². The Morgan fingerprint density at radius 1 is 1.22 bits per heavy atom. The summed E-state index contributed by atoms with van der Waals surface area (Å²) in [6.45, 7) is 4.02. The van der Waals surface area contributed by atoms with Crippen molar-refractivity contribution in [1.29, 1.82) is 0 Å². The number of nitrogens with one attached hydrogen (secondary N) is 2. The van der Waals surface area contributed by atoms with Gasteiger partial charge in [0.2, 0.25) is 0 Å². The summed E-state index contributed by atoms with van der Waals surface area (Å²) >= 11 is 0. The topological polar surface area (TPSA) is 72.1 Å². The first-order valence-corrected chi connectivity index (χ1v) is 11.2. The molecule has 2 N–H and O–H groups in total. The molecule has 6 rings (SSSR count). The van der Waals surface area contributed by atoms with Crippen molar-refractivity contribution in [3.05, 3.63) is 59.3 Å². The van der Waals surface area contributed by atoms with Gasteiger partial charge in [0, 0.05) is 29.3 Å². The lowest BCUT2D eigenvalue weighted by Crippen LogP contribution is -2.40. The molecule has 0 unspecified atom stereocenters. The van der Waals surface area contributed by atoms with Gasteiger partial charge in [0.05, 0.1) is 11.2 Å². The van der Waals surface area contributed by atoms with Gasteiger partial charge in [0.1, 0.15) is 24.0 Å². The molecule has 2 atom stereocenters. The fraction of sp³-hybridized carbons (Fsp3) is 0.360. The Morgan fingerprint density at radius 2 is 2.16 bits per heavy atom. The molecule has 0 spiro atoms. The van der Waals surface area contributed by atoms with E-state index in [0.717, 1.165) is 59.2 Å². The number of nitrogens with zero attached hydrogens (tertiary/aromatic N) is 2. The first-order valence-electron chi connectivity index (χ1n) is 11.2. The summed E-state index contributed by atoms with van der Waals surface area (Å²) in [6, 6.07) is 8.83. The van der Waals surface area contributed by atoms with Gasteiger partial charge in [0.15, 0.2) is 11.5 Å². The van der Waals surface area contributed by atoms with Crippen LogP contribution in [0.4, 0.5) is 4.39 Å². The zero-order valence-electron chi connectivity index (χ0n) is 18.0. The minimum Gasteiger partial charge on any atom is -0.486 e. The number of rotatable bonds is 4. The maximum absolute atomic E-state index is 13.8. The predicted molar refractivity (Wildman–Crippen MR) is 121 cm³/mol. The van der Waals surface area contributed by atoms with Gasteiger partial charge >= 0.3 is 0 Å². The Bertz CT molecular complexity index is 1320. The van der Waals surface area contributed by atoms with Crippen LogP contribution in [0.1, 0.15) is 23.4 Å². The van der Waals surface area contributed by atoms with E-state index >= 15 is 0 Å². The molecule has 2 aromatic heterocycles. The van der Waals surface area contributed by atoms with Gasteiger partial charge in [-0.1, -0.05) is 0 Å². The molecule has 4 aromatic rings. The van der Waals surface area contributed by atoms with E-state index in [1.807, 2.05) is 25.1 Å². The van der Waals surface area contributed by atoms with Crippen LogP contribution in [0, 0.1) is 18.7 Å². The SMILES string of the molecule is Cc1cnc2c3c(ccc2n1)OC[C@H](CNC[C@H]1CCc2[nH]c4ccc(F)cc4c2C1)O3. The molecule has 0 radical (unpaired) electrons. The molecule has 0 fully saturated rings. The van der Waals surface area contributed by atoms with E-state index in [-0.39, 0.29) is 11.9 Å². The summed E-state index contributed by atoms with van der Waals surface area (Å²) in [4.78, 5) is 12.5. The van der Waals surface area contributed by atoms with Gasteiger partial charge in [-0.2, -0.15) is 0 Å². The molecule has 0 amide bonds. The number of aromatic nitrogens is 3. The van der Waals surface area contributed by atoms with Crippen LogP contribution in [0.5, 0.6) is 11.5 Å². The first kappa shape index (κ1) is 19.5. The number of aryl methyl sites for hydroxylation is 2. The highest BCUT2D eigenvalue weighted by atomic mass is 19.1. The summed E-state index contributed by atoms with van der Waals surface area (Å²) < 4.78 is 25.9. The second-order valence-electron chi connectivity index (χ2n) is 8.86. The maximum Gasteiger partial charge on any atom is 0.189 e. The van der Waals surface area contributed by atoms with Gasteiger partial charge in [-0.05, 0) is 74.5 Å². The summed E-state index contributed by atoms with van der Waals surface area (Å²) in [6.07, 6.45) is 4.73. The molecule has 1 aliphatic carbocycles. The van der Waals surface area contributed by atoms with Crippen LogP contribution in [0.15, 0.2) is 36.5 Å². The molecule has 0 bridgehead atoms. The maximum atomic E-state index is 13.8. The number of halogens is 1. The Kier molecular flexibility index (Phi) is 4.72. The van der Waals surface area contributed by atoms with Gasteiger partial charge < -0.3 is 19.8 Å². The highest BCUT2D eigenvalue weighted by molar-refractivity contribution is 5.85. The highest BCUT2D eigenvalue weighted by Gasteiger charge is 2.26. The lowest BCUT2D eigenvalue weighted by Gasteiger charge is -2.28. The lowest BCUT2D eigenvalue weighted by atomic mass is 9.86. The second-order valence-corrected chi connectivity index (χ2v) is 8.86. The van der Waals surface area contributed by atoms with Crippen LogP contribution >= 0.6 is 0 Å². The van der Waals surface area contributed by atoms with Crippen molar-refractivity contribution < 1.29 is 13.9 Å². The van der Waals surface area contributed by atoms with Crippen molar-refractivity contribution in [1.82, 2.24) is 20.3 Å². The Balaban J connectivity index is 1.10. The molecule has 6 nitrogen and oxygen atoms in total. The number of ether oxygens (including phenoxy) is 2. The summed E-state index contributed by atoms with van der Waals surface area (Å²) in [5.41, 5.74) is 5.98. The molecule has 164 valence electrons. The summed E-state index contributed by atoms with van der Waals surface area (Å²) in [5.74, 6) is 1.73. The number of H-pyrrole nitrogens is 1. The Hall–Kier alpha value is -3.19. The zero-order chi connectivity index (χ0) is 21.7. The van der Waals surface area contributed by atoms with Gasteiger partial charge in [-0.15, -0.1) is 0 Å².